The number of oxazole rings is 1. The molecule has 0 amide bonds. The molecule has 0 aromatic carbocycles. The minimum Gasteiger partial charge on any atom is -0.445 e. The van der Waals surface area contributed by atoms with E-state index in [0.29, 0.717) is 18.1 Å². The highest BCUT2D eigenvalue weighted by Crippen LogP contribution is 2.20. The van der Waals surface area contributed by atoms with Crippen LogP contribution in [0.15, 0.2) is 10.6 Å². The number of hydrogen-bond acceptors (Lipinski definition) is 3. The van der Waals surface area contributed by atoms with E-state index in [0.717, 1.165) is 6.42 Å². The fraction of sp³-hybridized carbons (Fsp3) is 0.636. The maximum atomic E-state index is 10.8. The third-order valence-corrected chi connectivity index (χ3v) is 1.71. The van der Waals surface area contributed by atoms with Crippen molar-refractivity contribution in [2.24, 2.45) is 5.41 Å². The molecule has 0 atom stereocenters. The van der Waals surface area contributed by atoms with Crippen LogP contribution in [0.25, 0.3) is 0 Å². The third kappa shape index (κ3) is 3.73. The van der Waals surface area contributed by atoms with Crippen molar-refractivity contribution < 1.29 is 9.21 Å². The second-order valence-electron chi connectivity index (χ2n) is 4.84. The van der Waals surface area contributed by atoms with Crippen LogP contribution < -0.4 is 0 Å². The van der Waals surface area contributed by atoms with E-state index in [4.69, 9.17) is 4.42 Å². The average molecular weight is 195 g/mol. The lowest BCUT2D eigenvalue weighted by atomic mass is 9.92. The molecule has 0 unspecified atom stereocenters. The zero-order chi connectivity index (χ0) is 10.8. The van der Waals surface area contributed by atoms with Gasteiger partial charge in [-0.2, -0.15) is 0 Å². The van der Waals surface area contributed by atoms with Crippen LogP contribution in [0.4, 0.5) is 0 Å². The number of aromatic nitrogens is 1. The molecule has 14 heavy (non-hydrogen) atoms. The molecule has 1 heterocycles. The monoisotopic (exact) mass is 195 g/mol. The van der Waals surface area contributed by atoms with Gasteiger partial charge in [0.25, 0.3) is 0 Å². The summed E-state index contributed by atoms with van der Waals surface area (Å²) in [5.74, 6) is 1.48. The van der Waals surface area contributed by atoms with Crippen molar-refractivity contribution in [3.05, 3.63) is 17.8 Å². The standard InChI is InChI=1S/C11H17NO2/c1-8(13)5-9-7-12-10(14-9)6-11(2,3)4/h7H,5-6H2,1-4H3. The van der Waals surface area contributed by atoms with Crippen LogP contribution in [0.1, 0.15) is 39.3 Å². The maximum absolute atomic E-state index is 10.8. The van der Waals surface area contributed by atoms with Gasteiger partial charge in [-0.3, -0.25) is 4.79 Å². The molecule has 3 heteroatoms. The summed E-state index contributed by atoms with van der Waals surface area (Å²) in [6.45, 7) is 7.93. The first-order valence-corrected chi connectivity index (χ1v) is 4.80. The molecular weight excluding hydrogens is 178 g/mol. The summed E-state index contributed by atoms with van der Waals surface area (Å²) in [4.78, 5) is 15.0. The smallest absolute Gasteiger partial charge is 0.194 e. The van der Waals surface area contributed by atoms with Crippen molar-refractivity contribution in [1.82, 2.24) is 4.98 Å². The summed E-state index contributed by atoms with van der Waals surface area (Å²) in [7, 11) is 0. The lowest BCUT2D eigenvalue weighted by Gasteiger charge is -2.14. The molecule has 0 fully saturated rings. The Hall–Kier alpha value is -1.12. The molecule has 3 nitrogen and oxygen atoms in total. The van der Waals surface area contributed by atoms with Crippen LogP contribution in [0.3, 0.4) is 0 Å². The molecule has 0 aliphatic rings. The molecule has 0 spiro atoms. The van der Waals surface area contributed by atoms with Gasteiger partial charge >= 0.3 is 0 Å². The summed E-state index contributed by atoms with van der Waals surface area (Å²) >= 11 is 0. The Balaban J connectivity index is 2.64. The quantitative estimate of drug-likeness (QED) is 0.743. The SMILES string of the molecule is CC(=O)Cc1cnc(CC(C)(C)C)o1. The average Bonchev–Trinajstić information content (AvgIpc) is 2.30. The predicted molar refractivity (Wildman–Crippen MR) is 54.0 cm³/mol. The topological polar surface area (TPSA) is 43.1 Å². The van der Waals surface area contributed by atoms with Crippen molar-refractivity contribution in [3.63, 3.8) is 0 Å². The largest absolute Gasteiger partial charge is 0.445 e. The van der Waals surface area contributed by atoms with Crippen molar-refractivity contribution in [2.45, 2.75) is 40.5 Å². The molecule has 1 rings (SSSR count). The number of Topliss-reactive ketones (excluding diaryl/α,β-unsaturated/α-hetero) is 1. The summed E-state index contributed by atoms with van der Waals surface area (Å²) in [6, 6.07) is 0. The van der Waals surface area contributed by atoms with E-state index in [1.807, 2.05) is 0 Å². The number of carbonyl (C=O) groups is 1. The minimum atomic E-state index is 0.100. The van der Waals surface area contributed by atoms with E-state index in [-0.39, 0.29) is 11.2 Å². The van der Waals surface area contributed by atoms with Crippen LogP contribution in [-0.4, -0.2) is 10.8 Å². The van der Waals surface area contributed by atoms with Crippen molar-refractivity contribution in [3.8, 4) is 0 Å². The van der Waals surface area contributed by atoms with Crippen molar-refractivity contribution in [2.75, 3.05) is 0 Å². The molecule has 0 aliphatic heterocycles. The van der Waals surface area contributed by atoms with Gasteiger partial charge in [-0.25, -0.2) is 4.98 Å². The van der Waals surface area contributed by atoms with Gasteiger partial charge in [0.2, 0.25) is 0 Å². The Kier molecular flexibility index (Phi) is 3.09. The van der Waals surface area contributed by atoms with Crippen molar-refractivity contribution >= 4 is 5.78 Å². The van der Waals surface area contributed by atoms with Crippen LogP contribution in [0, 0.1) is 5.41 Å². The van der Waals surface area contributed by atoms with E-state index in [1.165, 1.54) is 0 Å². The lowest BCUT2D eigenvalue weighted by molar-refractivity contribution is -0.116. The fourth-order valence-electron chi connectivity index (χ4n) is 1.21. The molecule has 0 aliphatic carbocycles. The molecule has 0 saturated carbocycles. The molecular formula is C11H17NO2. The third-order valence-electron chi connectivity index (χ3n) is 1.71. The zero-order valence-electron chi connectivity index (χ0n) is 9.26. The second-order valence-corrected chi connectivity index (χ2v) is 4.84. The van der Waals surface area contributed by atoms with Gasteiger partial charge < -0.3 is 4.42 Å². The summed E-state index contributed by atoms with van der Waals surface area (Å²) in [5.41, 5.74) is 0.165. The van der Waals surface area contributed by atoms with Gasteiger partial charge in [0.15, 0.2) is 5.89 Å². The molecule has 1 aromatic rings. The zero-order valence-corrected chi connectivity index (χ0v) is 9.26. The Bertz CT molecular complexity index is 320. The number of ketones is 1. The molecule has 0 bridgehead atoms. The first kappa shape index (κ1) is 11.0. The normalized spacial score (nSPS) is 11.7. The lowest BCUT2D eigenvalue weighted by Crippen LogP contribution is -2.09. The highest BCUT2D eigenvalue weighted by atomic mass is 16.4. The minimum absolute atomic E-state index is 0.100. The Morgan fingerprint density at radius 3 is 2.64 bits per heavy atom. The van der Waals surface area contributed by atoms with Crippen molar-refractivity contribution in [1.29, 1.82) is 0 Å². The number of rotatable bonds is 3. The van der Waals surface area contributed by atoms with Gasteiger partial charge in [0.1, 0.15) is 11.5 Å². The van der Waals surface area contributed by atoms with Crippen LogP contribution in [0.2, 0.25) is 0 Å². The first-order chi connectivity index (χ1) is 6.37. The summed E-state index contributed by atoms with van der Waals surface area (Å²) < 4.78 is 5.44. The highest BCUT2D eigenvalue weighted by Gasteiger charge is 2.15. The van der Waals surface area contributed by atoms with Gasteiger partial charge in [-0.05, 0) is 12.3 Å². The Morgan fingerprint density at radius 1 is 1.50 bits per heavy atom. The number of nitrogens with zero attached hydrogens (tertiary/aromatic N) is 1. The van der Waals surface area contributed by atoms with Crippen LogP contribution in [-0.2, 0) is 17.6 Å². The van der Waals surface area contributed by atoms with Gasteiger partial charge in [0, 0.05) is 6.42 Å². The van der Waals surface area contributed by atoms with E-state index < -0.39 is 0 Å². The van der Waals surface area contributed by atoms with E-state index in [2.05, 4.69) is 25.8 Å². The van der Waals surface area contributed by atoms with Crippen LogP contribution >= 0.6 is 0 Å². The van der Waals surface area contributed by atoms with Crippen LogP contribution in [0.5, 0.6) is 0 Å². The molecule has 0 saturated heterocycles. The maximum Gasteiger partial charge on any atom is 0.194 e. The summed E-state index contributed by atoms with van der Waals surface area (Å²) in [6.07, 6.45) is 2.78. The number of carbonyl (C=O) groups excluding carboxylic acids is 1. The summed E-state index contributed by atoms with van der Waals surface area (Å²) in [5, 5.41) is 0. The number of hydrogen-bond donors (Lipinski definition) is 0. The first-order valence-electron chi connectivity index (χ1n) is 4.80. The molecule has 78 valence electrons. The molecule has 0 radical (unpaired) electrons. The fourth-order valence-corrected chi connectivity index (χ4v) is 1.21. The second kappa shape index (κ2) is 3.95. The van der Waals surface area contributed by atoms with Gasteiger partial charge in [0.05, 0.1) is 12.6 Å². The predicted octanol–water partition coefficient (Wildman–Crippen LogP) is 2.39. The Morgan fingerprint density at radius 2 is 2.14 bits per heavy atom. The van der Waals surface area contributed by atoms with Gasteiger partial charge in [-0.1, -0.05) is 20.8 Å². The van der Waals surface area contributed by atoms with E-state index in [9.17, 15) is 4.79 Å². The molecule has 0 N–H and O–H groups in total. The van der Waals surface area contributed by atoms with E-state index >= 15 is 0 Å². The highest BCUT2D eigenvalue weighted by molar-refractivity contribution is 5.77. The van der Waals surface area contributed by atoms with Gasteiger partial charge in [-0.15, -0.1) is 0 Å². The van der Waals surface area contributed by atoms with E-state index in [1.54, 1.807) is 13.1 Å². The Labute approximate surface area is 84.5 Å². The molecule has 1 aromatic heterocycles.